The summed E-state index contributed by atoms with van der Waals surface area (Å²) in [6.45, 7) is 17.7. The van der Waals surface area contributed by atoms with Gasteiger partial charge in [-0.15, -0.1) is 0 Å². The van der Waals surface area contributed by atoms with Crippen molar-refractivity contribution in [3.05, 3.63) is 23.7 Å². The van der Waals surface area contributed by atoms with Gasteiger partial charge in [0, 0.05) is 19.2 Å². The standard InChI is InChI=1S/C28H47BN2O6/c1-19-18-23(30-25(32)15-13-21(3)34-26(33)31-16-10-9-11-17-31)22(4)35-24(19)14-12-20(2)29-36-27(5,6)28(7,8)37-29/h12-13,15,19,21-24H,9-11,14,16-18H2,1-8H3,(H,30,32)/b15-13-,20-12+/t19-,21?,22+,23+,24-/m0/s1. The van der Waals surface area contributed by atoms with Crippen LogP contribution in [-0.2, 0) is 23.6 Å². The number of hydrogen-bond donors (Lipinski definition) is 1. The molecule has 0 aromatic heterocycles. The minimum atomic E-state index is -0.470. The molecule has 3 saturated heterocycles. The number of nitrogens with zero attached hydrogens (tertiary/aromatic N) is 1. The Morgan fingerprint density at radius 3 is 2.35 bits per heavy atom. The lowest BCUT2D eigenvalue weighted by atomic mass is 9.78. The van der Waals surface area contributed by atoms with Crippen molar-refractivity contribution in [2.75, 3.05) is 13.1 Å². The predicted molar refractivity (Wildman–Crippen MR) is 145 cm³/mol. The van der Waals surface area contributed by atoms with Crippen LogP contribution in [0.4, 0.5) is 4.79 Å². The molecule has 3 heterocycles. The molecule has 0 spiro atoms. The third-order valence-corrected chi connectivity index (χ3v) is 8.26. The SMILES string of the molecule is C/C(=C\C[C@@H]1O[C@H](C)[C@H](NC(=O)/C=C\C(C)OC(=O)N2CCCCC2)C[C@@H]1C)B1OC(C)(C)C(C)(C)O1. The maximum atomic E-state index is 12.6. The number of carbonyl (C=O) groups excluding carboxylic acids is 2. The van der Waals surface area contributed by atoms with Gasteiger partial charge in [0.1, 0.15) is 6.10 Å². The van der Waals surface area contributed by atoms with E-state index in [0.29, 0.717) is 0 Å². The Labute approximate surface area is 223 Å². The Kier molecular flexibility index (Phi) is 9.92. The van der Waals surface area contributed by atoms with Crippen LogP contribution in [0.3, 0.4) is 0 Å². The van der Waals surface area contributed by atoms with Gasteiger partial charge >= 0.3 is 13.2 Å². The summed E-state index contributed by atoms with van der Waals surface area (Å²) in [5.74, 6) is 0.0701. The molecule has 0 aliphatic carbocycles. The number of piperidine rings is 1. The molecule has 0 radical (unpaired) electrons. The summed E-state index contributed by atoms with van der Waals surface area (Å²) in [6, 6.07) is -0.0808. The topological polar surface area (TPSA) is 86.3 Å². The van der Waals surface area contributed by atoms with Gasteiger partial charge < -0.3 is 29.0 Å². The Bertz CT molecular complexity index is 851. The molecule has 1 N–H and O–H groups in total. The van der Waals surface area contributed by atoms with Crippen molar-refractivity contribution >= 4 is 19.1 Å². The first-order chi connectivity index (χ1) is 17.3. The summed E-state index contributed by atoms with van der Waals surface area (Å²) in [5, 5.41) is 3.06. The minimum Gasteiger partial charge on any atom is -0.442 e. The zero-order valence-corrected chi connectivity index (χ0v) is 24.0. The summed E-state index contributed by atoms with van der Waals surface area (Å²) < 4.78 is 24.1. The fourth-order valence-electron chi connectivity index (χ4n) is 4.94. The van der Waals surface area contributed by atoms with E-state index in [-0.39, 0.29) is 54.5 Å². The molecule has 0 saturated carbocycles. The predicted octanol–water partition coefficient (Wildman–Crippen LogP) is 4.82. The first-order valence-corrected chi connectivity index (χ1v) is 13.9. The summed E-state index contributed by atoms with van der Waals surface area (Å²) in [7, 11) is -0.346. The van der Waals surface area contributed by atoms with E-state index in [4.69, 9.17) is 18.8 Å². The van der Waals surface area contributed by atoms with Crippen LogP contribution in [0.2, 0.25) is 0 Å². The van der Waals surface area contributed by atoms with E-state index >= 15 is 0 Å². The van der Waals surface area contributed by atoms with Crippen LogP contribution in [0.25, 0.3) is 0 Å². The highest BCUT2D eigenvalue weighted by Crippen LogP contribution is 2.38. The fourth-order valence-corrected chi connectivity index (χ4v) is 4.94. The first kappa shape index (κ1) is 29.7. The number of carbonyl (C=O) groups is 2. The smallest absolute Gasteiger partial charge is 0.442 e. The normalized spacial score (nSPS) is 30.9. The van der Waals surface area contributed by atoms with Crippen molar-refractivity contribution in [2.45, 2.75) is 123 Å². The Balaban J connectivity index is 1.44. The highest BCUT2D eigenvalue weighted by atomic mass is 16.7. The summed E-state index contributed by atoms with van der Waals surface area (Å²) in [5.41, 5.74) is 0.336. The van der Waals surface area contributed by atoms with Crippen molar-refractivity contribution < 1.29 is 28.4 Å². The van der Waals surface area contributed by atoms with E-state index in [0.717, 1.165) is 50.7 Å². The lowest BCUT2D eigenvalue weighted by molar-refractivity contribution is -0.123. The fraction of sp³-hybridized carbons (Fsp3) is 0.786. The number of allylic oxidation sites excluding steroid dienone is 1. The summed E-state index contributed by atoms with van der Waals surface area (Å²) >= 11 is 0. The maximum Gasteiger partial charge on any atom is 0.489 e. The summed E-state index contributed by atoms with van der Waals surface area (Å²) in [6.07, 6.45) is 9.17. The van der Waals surface area contributed by atoms with Crippen molar-refractivity contribution in [2.24, 2.45) is 5.92 Å². The molecular formula is C28H47BN2O6. The Morgan fingerprint density at radius 1 is 1.11 bits per heavy atom. The van der Waals surface area contributed by atoms with Crippen molar-refractivity contribution in [3.63, 3.8) is 0 Å². The van der Waals surface area contributed by atoms with Crippen LogP contribution < -0.4 is 5.32 Å². The molecule has 3 rings (SSSR count). The van der Waals surface area contributed by atoms with Gasteiger partial charge in [-0.1, -0.05) is 13.0 Å². The molecule has 208 valence electrons. The van der Waals surface area contributed by atoms with Gasteiger partial charge in [0.25, 0.3) is 0 Å². The number of likely N-dealkylation sites (tertiary alicyclic amines) is 1. The van der Waals surface area contributed by atoms with Crippen LogP contribution in [0, 0.1) is 5.92 Å². The number of amides is 2. The third kappa shape index (κ3) is 7.84. The molecule has 3 aliphatic rings. The number of hydrogen-bond acceptors (Lipinski definition) is 6. The molecule has 3 fully saturated rings. The van der Waals surface area contributed by atoms with Crippen molar-refractivity contribution in [1.29, 1.82) is 0 Å². The third-order valence-electron chi connectivity index (χ3n) is 8.26. The largest absolute Gasteiger partial charge is 0.489 e. The quantitative estimate of drug-likeness (QED) is 0.384. The van der Waals surface area contributed by atoms with Gasteiger partial charge in [0.05, 0.1) is 29.5 Å². The zero-order chi connectivity index (χ0) is 27.4. The van der Waals surface area contributed by atoms with E-state index in [2.05, 4.69) is 46.0 Å². The van der Waals surface area contributed by atoms with Crippen LogP contribution in [0.1, 0.15) is 87.5 Å². The Morgan fingerprint density at radius 2 is 1.73 bits per heavy atom. The average Bonchev–Trinajstić information content (AvgIpc) is 3.06. The number of nitrogens with one attached hydrogen (secondary N) is 1. The van der Waals surface area contributed by atoms with E-state index in [1.807, 2.05) is 13.8 Å². The molecule has 8 nitrogen and oxygen atoms in total. The number of rotatable bonds is 7. The van der Waals surface area contributed by atoms with Gasteiger partial charge in [-0.05, 0) is 98.0 Å². The van der Waals surface area contributed by atoms with E-state index < -0.39 is 6.10 Å². The van der Waals surface area contributed by atoms with Gasteiger partial charge in [0.2, 0.25) is 5.91 Å². The van der Waals surface area contributed by atoms with Crippen LogP contribution >= 0.6 is 0 Å². The van der Waals surface area contributed by atoms with Crippen LogP contribution in [0.5, 0.6) is 0 Å². The van der Waals surface area contributed by atoms with Crippen molar-refractivity contribution in [1.82, 2.24) is 10.2 Å². The van der Waals surface area contributed by atoms with E-state index in [1.54, 1.807) is 17.9 Å². The molecule has 0 aromatic rings. The molecule has 9 heteroatoms. The van der Waals surface area contributed by atoms with Gasteiger partial charge in [-0.3, -0.25) is 4.79 Å². The molecule has 0 aromatic carbocycles. The minimum absolute atomic E-state index is 0.0605. The molecule has 37 heavy (non-hydrogen) atoms. The molecule has 3 aliphatic heterocycles. The van der Waals surface area contributed by atoms with Crippen molar-refractivity contribution in [3.8, 4) is 0 Å². The molecule has 0 bridgehead atoms. The molecular weight excluding hydrogens is 471 g/mol. The highest BCUT2D eigenvalue weighted by Gasteiger charge is 2.51. The second-order valence-electron chi connectivity index (χ2n) is 12.0. The lowest BCUT2D eigenvalue weighted by Gasteiger charge is -2.39. The second-order valence-corrected chi connectivity index (χ2v) is 12.0. The molecule has 1 unspecified atom stereocenters. The monoisotopic (exact) mass is 518 g/mol. The Hall–Kier alpha value is -1.84. The second kappa shape index (κ2) is 12.3. The highest BCUT2D eigenvalue weighted by molar-refractivity contribution is 6.54. The first-order valence-electron chi connectivity index (χ1n) is 13.9. The zero-order valence-electron chi connectivity index (χ0n) is 24.0. The molecule has 5 atom stereocenters. The summed E-state index contributed by atoms with van der Waals surface area (Å²) in [4.78, 5) is 26.5. The lowest BCUT2D eigenvalue weighted by Crippen LogP contribution is -2.50. The number of ether oxygens (including phenoxy) is 2. The van der Waals surface area contributed by atoms with Crippen LogP contribution in [-0.4, -0.2) is 72.7 Å². The maximum absolute atomic E-state index is 12.6. The van der Waals surface area contributed by atoms with Gasteiger partial charge in [-0.25, -0.2) is 4.79 Å². The van der Waals surface area contributed by atoms with Gasteiger partial charge in [-0.2, -0.15) is 0 Å². The van der Waals surface area contributed by atoms with Crippen LogP contribution in [0.15, 0.2) is 23.7 Å². The average molecular weight is 519 g/mol. The molecule has 2 amide bonds. The van der Waals surface area contributed by atoms with E-state index in [9.17, 15) is 9.59 Å². The van der Waals surface area contributed by atoms with E-state index in [1.165, 1.54) is 6.08 Å². The van der Waals surface area contributed by atoms with Gasteiger partial charge in [0.15, 0.2) is 0 Å².